The molecule has 0 spiro atoms. The molecule has 1 aromatic carbocycles. The van der Waals surface area contributed by atoms with E-state index in [4.69, 9.17) is 0 Å². The molecule has 1 atom stereocenters. The third-order valence-electron chi connectivity index (χ3n) is 3.24. The van der Waals surface area contributed by atoms with Crippen LogP contribution in [0.1, 0.15) is 43.6 Å². The zero-order chi connectivity index (χ0) is 13.0. The number of ketones is 1. The van der Waals surface area contributed by atoms with Crippen molar-refractivity contribution in [2.24, 2.45) is 0 Å². The second kappa shape index (κ2) is 5.97. The average Bonchev–Trinajstić information content (AvgIpc) is 2.29. The molecule has 2 heteroatoms. The van der Waals surface area contributed by atoms with Crippen molar-refractivity contribution >= 4 is 5.78 Å². The molecular weight excluding hydrogens is 210 g/mol. The number of rotatable bonds is 5. The van der Waals surface area contributed by atoms with Crippen LogP contribution in [0.25, 0.3) is 0 Å². The second-order valence-electron chi connectivity index (χ2n) is 4.83. The van der Waals surface area contributed by atoms with Crippen molar-refractivity contribution in [3.05, 3.63) is 35.4 Å². The van der Waals surface area contributed by atoms with Crippen LogP contribution in [0, 0.1) is 6.92 Å². The molecule has 2 nitrogen and oxygen atoms in total. The summed E-state index contributed by atoms with van der Waals surface area (Å²) in [6.07, 6.45) is 0. The summed E-state index contributed by atoms with van der Waals surface area (Å²) in [4.78, 5) is 14.5. The maximum absolute atomic E-state index is 12.3. The van der Waals surface area contributed by atoms with E-state index < -0.39 is 0 Å². The third kappa shape index (κ3) is 3.40. The van der Waals surface area contributed by atoms with Gasteiger partial charge < -0.3 is 0 Å². The van der Waals surface area contributed by atoms with Crippen molar-refractivity contribution in [2.75, 3.05) is 6.54 Å². The highest BCUT2D eigenvalue weighted by Gasteiger charge is 2.22. The van der Waals surface area contributed by atoms with Crippen LogP contribution in [-0.4, -0.2) is 29.3 Å². The van der Waals surface area contributed by atoms with Crippen molar-refractivity contribution in [1.29, 1.82) is 0 Å². The first kappa shape index (κ1) is 13.9. The lowest BCUT2D eigenvalue weighted by molar-refractivity contribution is 0.0800. The van der Waals surface area contributed by atoms with Gasteiger partial charge in [0, 0.05) is 11.6 Å². The van der Waals surface area contributed by atoms with E-state index in [9.17, 15) is 4.79 Å². The summed E-state index contributed by atoms with van der Waals surface area (Å²) in [6, 6.07) is 8.16. The molecule has 0 N–H and O–H groups in total. The van der Waals surface area contributed by atoms with Crippen molar-refractivity contribution < 1.29 is 4.79 Å². The fourth-order valence-electron chi connectivity index (χ4n) is 2.20. The Hall–Kier alpha value is -1.15. The summed E-state index contributed by atoms with van der Waals surface area (Å²) in [6.45, 7) is 11.3. The highest BCUT2D eigenvalue weighted by molar-refractivity contribution is 5.99. The van der Waals surface area contributed by atoms with Crippen molar-refractivity contribution in [2.45, 2.75) is 46.7 Å². The van der Waals surface area contributed by atoms with Crippen molar-refractivity contribution in [3.8, 4) is 0 Å². The quantitative estimate of drug-likeness (QED) is 0.727. The van der Waals surface area contributed by atoms with E-state index in [0.717, 1.165) is 12.1 Å². The molecule has 0 bridgehead atoms. The molecule has 0 fully saturated rings. The summed E-state index contributed by atoms with van der Waals surface area (Å²) in [5.41, 5.74) is 1.99. The molecule has 0 aliphatic carbocycles. The molecule has 0 aromatic heterocycles. The number of hydrogen-bond donors (Lipinski definition) is 0. The smallest absolute Gasteiger partial charge is 0.179 e. The van der Waals surface area contributed by atoms with Crippen LogP contribution in [0.5, 0.6) is 0 Å². The van der Waals surface area contributed by atoms with Crippen LogP contribution >= 0.6 is 0 Å². The maximum atomic E-state index is 12.3. The van der Waals surface area contributed by atoms with Crippen LogP contribution < -0.4 is 0 Å². The van der Waals surface area contributed by atoms with Crippen molar-refractivity contribution in [3.63, 3.8) is 0 Å². The molecule has 0 aliphatic rings. The molecule has 1 unspecified atom stereocenters. The van der Waals surface area contributed by atoms with Crippen LogP contribution in [0.4, 0.5) is 0 Å². The lowest BCUT2D eigenvalue weighted by Crippen LogP contribution is -2.43. The molecular formula is C15H23NO. The van der Waals surface area contributed by atoms with Crippen LogP contribution in [-0.2, 0) is 0 Å². The zero-order valence-corrected chi connectivity index (χ0v) is 11.5. The number of nitrogens with zero attached hydrogens (tertiary/aromatic N) is 1. The molecule has 94 valence electrons. The largest absolute Gasteiger partial charge is 0.292 e. The van der Waals surface area contributed by atoms with Gasteiger partial charge in [-0.2, -0.15) is 0 Å². The van der Waals surface area contributed by atoms with Gasteiger partial charge in [-0.25, -0.2) is 0 Å². The van der Waals surface area contributed by atoms with E-state index in [0.29, 0.717) is 6.04 Å². The topological polar surface area (TPSA) is 20.3 Å². The molecule has 0 saturated carbocycles. The van der Waals surface area contributed by atoms with E-state index in [2.05, 4.69) is 25.7 Å². The zero-order valence-electron chi connectivity index (χ0n) is 11.5. The van der Waals surface area contributed by atoms with E-state index in [1.807, 2.05) is 38.1 Å². The lowest BCUT2D eigenvalue weighted by atomic mass is 10.0. The van der Waals surface area contributed by atoms with E-state index >= 15 is 0 Å². The molecule has 0 aliphatic heterocycles. The van der Waals surface area contributed by atoms with Crippen molar-refractivity contribution in [1.82, 2.24) is 4.90 Å². The second-order valence-corrected chi connectivity index (χ2v) is 4.83. The Morgan fingerprint density at radius 2 is 1.71 bits per heavy atom. The Kier molecular flexibility index (Phi) is 4.88. The van der Waals surface area contributed by atoms with Gasteiger partial charge in [0.15, 0.2) is 5.78 Å². The Bertz CT molecular complexity index is 367. The molecule has 0 amide bonds. The van der Waals surface area contributed by atoms with Gasteiger partial charge in [-0.3, -0.25) is 9.69 Å². The maximum Gasteiger partial charge on any atom is 0.179 e. The van der Waals surface area contributed by atoms with Crippen LogP contribution in [0.3, 0.4) is 0 Å². The Labute approximate surface area is 105 Å². The van der Waals surface area contributed by atoms with Gasteiger partial charge in [0.25, 0.3) is 0 Å². The Morgan fingerprint density at radius 3 is 2.12 bits per heavy atom. The Morgan fingerprint density at radius 1 is 1.18 bits per heavy atom. The number of Topliss-reactive ketones (excluding diaryl/α,β-unsaturated/α-hetero) is 1. The summed E-state index contributed by atoms with van der Waals surface area (Å²) >= 11 is 0. The van der Waals surface area contributed by atoms with E-state index in [1.54, 1.807) is 0 Å². The first-order chi connectivity index (χ1) is 7.97. The fraction of sp³-hybridized carbons (Fsp3) is 0.533. The molecule has 0 saturated heterocycles. The van der Waals surface area contributed by atoms with Gasteiger partial charge in [0.1, 0.15) is 0 Å². The van der Waals surface area contributed by atoms with E-state index in [1.165, 1.54) is 5.56 Å². The third-order valence-corrected chi connectivity index (χ3v) is 3.24. The number of carbonyl (C=O) groups is 1. The Balaban J connectivity index is 2.85. The number of likely N-dealkylation sites (N-methyl/N-ethyl adjacent to an activating group) is 1. The standard InChI is InChI=1S/C15H23NO/c1-6-16(11(2)3)13(5)15(17)14-9-7-12(4)8-10-14/h7-11,13H,6H2,1-5H3. The molecule has 1 rings (SSSR count). The van der Waals surface area contributed by atoms with Gasteiger partial charge in [0.2, 0.25) is 0 Å². The number of benzene rings is 1. The van der Waals surface area contributed by atoms with Crippen LogP contribution in [0.15, 0.2) is 24.3 Å². The lowest BCUT2D eigenvalue weighted by Gasteiger charge is -2.30. The molecule has 0 heterocycles. The fourth-order valence-corrected chi connectivity index (χ4v) is 2.20. The van der Waals surface area contributed by atoms with Gasteiger partial charge >= 0.3 is 0 Å². The summed E-state index contributed by atoms with van der Waals surface area (Å²) in [5, 5.41) is 0. The number of hydrogen-bond acceptors (Lipinski definition) is 2. The normalized spacial score (nSPS) is 13.1. The van der Waals surface area contributed by atoms with E-state index in [-0.39, 0.29) is 11.8 Å². The SMILES string of the molecule is CCN(C(C)C)C(C)C(=O)c1ccc(C)cc1. The number of carbonyl (C=O) groups excluding carboxylic acids is 1. The first-order valence-corrected chi connectivity index (χ1v) is 6.34. The summed E-state index contributed by atoms with van der Waals surface area (Å²) in [5.74, 6) is 0.209. The predicted octanol–water partition coefficient (Wildman–Crippen LogP) is 3.30. The first-order valence-electron chi connectivity index (χ1n) is 6.34. The van der Waals surface area contributed by atoms with Gasteiger partial charge in [-0.1, -0.05) is 36.8 Å². The monoisotopic (exact) mass is 233 g/mol. The highest BCUT2D eigenvalue weighted by atomic mass is 16.1. The highest BCUT2D eigenvalue weighted by Crippen LogP contribution is 2.12. The predicted molar refractivity (Wildman–Crippen MR) is 72.5 cm³/mol. The molecule has 1 aromatic rings. The van der Waals surface area contributed by atoms with Gasteiger partial charge in [0.05, 0.1) is 6.04 Å². The molecule has 17 heavy (non-hydrogen) atoms. The number of aryl methyl sites for hydroxylation is 1. The average molecular weight is 233 g/mol. The van der Waals surface area contributed by atoms with Gasteiger partial charge in [-0.15, -0.1) is 0 Å². The summed E-state index contributed by atoms with van der Waals surface area (Å²) in [7, 11) is 0. The minimum atomic E-state index is -0.0530. The minimum Gasteiger partial charge on any atom is -0.292 e. The van der Waals surface area contributed by atoms with Gasteiger partial charge in [-0.05, 0) is 34.2 Å². The minimum absolute atomic E-state index is 0.0530. The molecule has 0 radical (unpaired) electrons. The van der Waals surface area contributed by atoms with Crippen LogP contribution in [0.2, 0.25) is 0 Å². The summed E-state index contributed by atoms with van der Waals surface area (Å²) < 4.78 is 0.